The Labute approximate surface area is 114 Å². The average molecular weight is 269 g/mol. The number of rotatable bonds is 1. The van der Waals surface area contributed by atoms with Crippen molar-refractivity contribution in [1.82, 2.24) is 19.7 Å². The van der Waals surface area contributed by atoms with Crippen LogP contribution in [0.2, 0.25) is 0 Å². The predicted octanol–water partition coefficient (Wildman–Crippen LogP) is 1.17. The minimum atomic E-state index is 0.210. The quantitative estimate of drug-likeness (QED) is 0.713. The van der Waals surface area contributed by atoms with E-state index in [9.17, 15) is 0 Å². The van der Waals surface area contributed by atoms with E-state index in [1.165, 1.54) is 6.33 Å². The molecule has 2 aromatic heterocycles. The second-order valence-corrected chi connectivity index (χ2v) is 4.40. The third-order valence-electron chi connectivity index (χ3n) is 3.13. The topological polar surface area (TPSA) is 88.1 Å². The minimum absolute atomic E-state index is 0.210. The number of benzene rings is 1. The molecule has 3 aromatic rings. The van der Waals surface area contributed by atoms with E-state index in [4.69, 9.17) is 15.2 Å². The van der Waals surface area contributed by atoms with E-state index in [0.29, 0.717) is 24.8 Å². The summed E-state index contributed by atoms with van der Waals surface area (Å²) >= 11 is 0. The van der Waals surface area contributed by atoms with Gasteiger partial charge in [-0.05, 0) is 23.6 Å². The molecule has 0 saturated heterocycles. The molecular weight excluding hydrogens is 258 g/mol. The van der Waals surface area contributed by atoms with Crippen LogP contribution in [0.4, 0.5) is 5.95 Å². The number of aromatic nitrogens is 4. The number of anilines is 1. The Morgan fingerprint density at radius 2 is 1.90 bits per heavy atom. The molecule has 0 fully saturated rings. The number of ether oxygens (including phenoxy) is 2. The molecule has 0 saturated carbocycles. The molecule has 100 valence electrons. The molecular formula is C13H11N5O2. The van der Waals surface area contributed by atoms with Gasteiger partial charge in [-0.3, -0.25) is 0 Å². The number of nitrogens with two attached hydrogens (primary N) is 1. The number of fused-ring (bicyclic) bond motifs is 2. The van der Waals surface area contributed by atoms with E-state index >= 15 is 0 Å². The summed E-state index contributed by atoms with van der Waals surface area (Å²) in [5.74, 6) is 2.33. The normalized spacial score (nSPS) is 13.6. The monoisotopic (exact) mass is 269 g/mol. The Morgan fingerprint density at radius 3 is 2.65 bits per heavy atom. The molecule has 20 heavy (non-hydrogen) atoms. The Kier molecular flexibility index (Phi) is 2.26. The van der Waals surface area contributed by atoms with Crippen LogP contribution in [0, 0.1) is 0 Å². The highest BCUT2D eigenvalue weighted by Crippen LogP contribution is 2.35. The minimum Gasteiger partial charge on any atom is -0.486 e. The molecule has 0 amide bonds. The van der Waals surface area contributed by atoms with Crippen LogP contribution in [0.3, 0.4) is 0 Å². The molecule has 3 heterocycles. The SMILES string of the molecule is Nc1ncn(-c2nccc3cc4c(cc23)OCCO4)n1. The van der Waals surface area contributed by atoms with Crippen molar-refractivity contribution in [2.45, 2.75) is 0 Å². The Bertz CT molecular complexity index is 799. The molecule has 0 radical (unpaired) electrons. The molecule has 0 unspecified atom stereocenters. The third kappa shape index (κ3) is 1.63. The summed E-state index contributed by atoms with van der Waals surface area (Å²) in [5, 5.41) is 5.99. The molecule has 7 nitrogen and oxygen atoms in total. The van der Waals surface area contributed by atoms with Gasteiger partial charge in [0.25, 0.3) is 0 Å². The molecule has 1 aromatic carbocycles. The van der Waals surface area contributed by atoms with Gasteiger partial charge in [0.1, 0.15) is 19.5 Å². The van der Waals surface area contributed by atoms with Gasteiger partial charge in [-0.15, -0.1) is 5.10 Å². The largest absolute Gasteiger partial charge is 0.486 e. The molecule has 0 spiro atoms. The lowest BCUT2D eigenvalue weighted by Crippen LogP contribution is -2.15. The zero-order valence-corrected chi connectivity index (χ0v) is 10.5. The van der Waals surface area contributed by atoms with E-state index in [2.05, 4.69) is 15.1 Å². The fourth-order valence-corrected chi connectivity index (χ4v) is 2.25. The van der Waals surface area contributed by atoms with Crippen molar-refractivity contribution in [3.8, 4) is 17.3 Å². The van der Waals surface area contributed by atoms with Crippen molar-refractivity contribution >= 4 is 16.7 Å². The van der Waals surface area contributed by atoms with E-state index < -0.39 is 0 Å². The lowest BCUT2D eigenvalue weighted by molar-refractivity contribution is 0.172. The number of pyridine rings is 1. The van der Waals surface area contributed by atoms with Crippen molar-refractivity contribution in [2.75, 3.05) is 18.9 Å². The van der Waals surface area contributed by atoms with Gasteiger partial charge in [0.05, 0.1) is 0 Å². The van der Waals surface area contributed by atoms with Crippen LogP contribution >= 0.6 is 0 Å². The predicted molar refractivity (Wildman–Crippen MR) is 72.1 cm³/mol. The summed E-state index contributed by atoms with van der Waals surface area (Å²) in [6.45, 7) is 1.11. The molecule has 0 aliphatic carbocycles. The molecule has 2 N–H and O–H groups in total. The van der Waals surface area contributed by atoms with Crippen LogP contribution in [-0.4, -0.2) is 33.0 Å². The van der Waals surface area contributed by atoms with Crippen molar-refractivity contribution in [3.05, 3.63) is 30.7 Å². The Balaban J connectivity index is 1.97. The summed E-state index contributed by atoms with van der Waals surface area (Å²) in [7, 11) is 0. The second kappa shape index (κ2) is 4.09. The fourth-order valence-electron chi connectivity index (χ4n) is 2.25. The number of hydrogen-bond donors (Lipinski definition) is 1. The summed E-state index contributed by atoms with van der Waals surface area (Å²) in [5.41, 5.74) is 5.56. The van der Waals surface area contributed by atoms with Gasteiger partial charge in [0.2, 0.25) is 5.95 Å². The van der Waals surface area contributed by atoms with Crippen LogP contribution in [0.25, 0.3) is 16.6 Å². The number of hydrogen-bond acceptors (Lipinski definition) is 6. The van der Waals surface area contributed by atoms with Crippen molar-refractivity contribution in [2.24, 2.45) is 0 Å². The van der Waals surface area contributed by atoms with Gasteiger partial charge in [-0.25, -0.2) is 9.97 Å². The van der Waals surface area contributed by atoms with Gasteiger partial charge >= 0.3 is 0 Å². The van der Waals surface area contributed by atoms with Crippen molar-refractivity contribution < 1.29 is 9.47 Å². The van der Waals surface area contributed by atoms with E-state index in [1.54, 1.807) is 10.9 Å². The smallest absolute Gasteiger partial charge is 0.239 e. The van der Waals surface area contributed by atoms with Gasteiger partial charge in [0, 0.05) is 11.6 Å². The third-order valence-corrected chi connectivity index (χ3v) is 3.13. The zero-order chi connectivity index (χ0) is 13.5. The first-order valence-corrected chi connectivity index (χ1v) is 6.17. The summed E-state index contributed by atoms with van der Waals surface area (Å²) in [4.78, 5) is 8.27. The first kappa shape index (κ1) is 11.0. The van der Waals surface area contributed by atoms with Gasteiger partial charge in [-0.1, -0.05) is 0 Å². The van der Waals surface area contributed by atoms with Gasteiger partial charge in [0.15, 0.2) is 17.3 Å². The molecule has 1 aliphatic rings. The Morgan fingerprint density at radius 1 is 1.10 bits per heavy atom. The number of nitrogens with zero attached hydrogens (tertiary/aromatic N) is 4. The van der Waals surface area contributed by atoms with Gasteiger partial charge in [-0.2, -0.15) is 4.68 Å². The maximum absolute atomic E-state index is 5.60. The molecule has 0 bridgehead atoms. The van der Waals surface area contributed by atoms with E-state index in [0.717, 1.165) is 16.5 Å². The molecule has 4 rings (SSSR count). The van der Waals surface area contributed by atoms with Crippen LogP contribution in [0.5, 0.6) is 11.5 Å². The maximum atomic E-state index is 5.60. The average Bonchev–Trinajstić information content (AvgIpc) is 2.91. The maximum Gasteiger partial charge on any atom is 0.239 e. The van der Waals surface area contributed by atoms with E-state index in [-0.39, 0.29) is 5.95 Å². The highest BCUT2D eigenvalue weighted by molar-refractivity contribution is 5.91. The highest BCUT2D eigenvalue weighted by Gasteiger charge is 2.15. The summed E-state index contributed by atoms with van der Waals surface area (Å²) in [6, 6.07) is 5.76. The van der Waals surface area contributed by atoms with Crippen LogP contribution < -0.4 is 15.2 Å². The second-order valence-electron chi connectivity index (χ2n) is 4.40. The van der Waals surface area contributed by atoms with Crippen LogP contribution in [0.15, 0.2) is 30.7 Å². The molecule has 1 aliphatic heterocycles. The van der Waals surface area contributed by atoms with Gasteiger partial charge < -0.3 is 15.2 Å². The molecule has 7 heteroatoms. The highest BCUT2D eigenvalue weighted by atomic mass is 16.6. The summed E-state index contributed by atoms with van der Waals surface area (Å²) in [6.07, 6.45) is 3.25. The summed E-state index contributed by atoms with van der Waals surface area (Å²) < 4.78 is 12.7. The first-order chi connectivity index (χ1) is 9.81. The first-order valence-electron chi connectivity index (χ1n) is 6.17. The number of nitrogen functional groups attached to an aromatic ring is 1. The lowest BCUT2D eigenvalue weighted by atomic mass is 10.1. The standard InChI is InChI=1S/C13H11N5O2/c14-13-16-7-18(17-13)12-9-6-11-10(19-3-4-20-11)5-8(9)1-2-15-12/h1-2,5-7H,3-4H2,(H2,14,17). The van der Waals surface area contributed by atoms with Crippen molar-refractivity contribution in [3.63, 3.8) is 0 Å². The fraction of sp³-hybridized carbons (Fsp3) is 0.154. The van der Waals surface area contributed by atoms with Crippen molar-refractivity contribution in [1.29, 1.82) is 0 Å². The van der Waals surface area contributed by atoms with Crippen LogP contribution in [0.1, 0.15) is 0 Å². The Hall–Kier alpha value is -2.83. The van der Waals surface area contributed by atoms with Crippen LogP contribution in [-0.2, 0) is 0 Å². The zero-order valence-electron chi connectivity index (χ0n) is 10.5. The lowest BCUT2D eigenvalue weighted by Gasteiger charge is -2.19. The van der Waals surface area contributed by atoms with E-state index in [1.807, 2.05) is 18.2 Å². The molecule has 0 atom stereocenters.